The van der Waals surface area contributed by atoms with Crippen molar-refractivity contribution in [3.8, 4) is 0 Å². The summed E-state index contributed by atoms with van der Waals surface area (Å²) >= 11 is 7.09. The molecule has 0 spiro atoms. The maximum atomic E-state index is 12.4. The fraction of sp³-hybridized carbons (Fsp3) is 0.286. The third-order valence-electron chi connectivity index (χ3n) is 3.00. The topological polar surface area (TPSA) is 88.2 Å². The molecule has 2 N–H and O–H groups in total. The van der Waals surface area contributed by atoms with E-state index in [-0.39, 0.29) is 10.8 Å². The predicted octanol–water partition coefficient (Wildman–Crippen LogP) is 2.74. The first-order valence-corrected chi connectivity index (χ1v) is 9.52. The molecule has 0 aliphatic rings. The number of aromatic nitrogens is 1. The van der Waals surface area contributed by atoms with Crippen LogP contribution in [-0.4, -0.2) is 25.4 Å². The molecule has 0 aliphatic heterocycles. The van der Waals surface area contributed by atoms with Crippen molar-refractivity contribution in [2.75, 3.05) is 5.32 Å². The number of carbonyl (C=O) groups is 1. The first-order chi connectivity index (χ1) is 10.8. The zero-order valence-corrected chi connectivity index (χ0v) is 14.9. The predicted molar refractivity (Wildman–Crippen MR) is 91.1 cm³/mol. The maximum absolute atomic E-state index is 12.4. The van der Waals surface area contributed by atoms with Crippen LogP contribution in [0.4, 0.5) is 5.13 Å². The molecule has 6 nitrogen and oxygen atoms in total. The molecular weight excluding hydrogens is 358 g/mol. The van der Waals surface area contributed by atoms with E-state index in [0.717, 1.165) is 0 Å². The van der Waals surface area contributed by atoms with Crippen molar-refractivity contribution in [2.24, 2.45) is 5.92 Å². The standard InChI is InChI=1S/C14H16ClN3O3S2/c1-9(2)12(13(19)17-14-16-6-7-22-14)18-23(20,21)11-5-3-4-10(15)8-11/h3-9,12,18H,1-2H3,(H,16,17,19)/t12-/m1/s1. The van der Waals surface area contributed by atoms with Crippen LogP contribution in [0.1, 0.15) is 13.8 Å². The minimum absolute atomic E-state index is 0.0118. The Hall–Kier alpha value is -1.48. The number of nitrogens with one attached hydrogen (secondary N) is 2. The van der Waals surface area contributed by atoms with E-state index >= 15 is 0 Å². The van der Waals surface area contributed by atoms with Gasteiger partial charge in [0.25, 0.3) is 0 Å². The quantitative estimate of drug-likeness (QED) is 0.814. The smallest absolute Gasteiger partial charge is 0.244 e. The van der Waals surface area contributed by atoms with E-state index in [1.54, 1.807) is 31.5 Å². The van der Waals surface area contributed by atoms with Gasteiger partial charge in [-0.2, -0.15) is 4.72 Å². The zero-order chi connectivity index (χ0) is 17.0. The van der Waals surface area contributed by atoms with E-state index in [1.165, 1.54) is 29.5 Å². The summed E-state index contributed by atoms with van der Waals surface area (Å²) in [6, 6.07) is 4.94. The van der Waals surface area contributed by atoms with Gasteiger partial charge in [0.1, 0.15) is 6.04 Å². The number of amides is 1. The van der Waals surface area contributed by atoms with Gasteiger partial charge >= 0.3 is 0 Å². The number of hydrogen-bond acceptors (Lipinski definition) is 5. The molecule has 0 fully saturated rings. The second kappa shape index (κ2) is 7.39. The lowest BCUT2D eigenvalue weighted by atomic mass is 10.1. The molecule has 2 aromatic rings. The van der Waals surface area contributed by atoms with Crippen molar-refractivity contribution >= 4 is 44.0 Å². The number of thiazole rings is 1. The fourth-order valence-corrected chi connectivity index (χ4v) is 4.01. The lowest BCUT2D eigenvalue weighted by molar-refractivity contribution is -0.118. The van der Waals surface area contributed by atoms with Crippen LogP contribution in [0.15, 0.2) is 40.7 Å². The van der Waals surface area contributed by atoms with Crippen molar-refractivity contribution < 1.29 is 13.2 Å². The Kier molecular flexibility index (Phi) is 5.74. The summed E-state index contributed by atoms with van der Waals surface area (Å²) < 4.78 is 27.3. The average molecular weight is 374 g/mol. The SMILES string of the molecule is CC(C)[C@@H](NS(=O)(=O)c1cccc(Cl)c1)C(=O)Nc1nccs1. The number of anilines is 1. The van der Waals surface area contributed by atoms with Gasteiger partial charge in [0.2, 0.25) is 15.9 Å². The Morgan fingerprint density at radius 3 is 2.65 bits per heavy atom. The number of carbonyl (C=O) groups excluding carboxylic acids is 1. The third kappa shape index (κ3) is 4.74. The molecule has 0 saturated carbocycles. The van der Waals surface area contributed by atoms with Crippen molar-refractivity contribution in [1.29, 1.82) is 0 Å². The van der Waals surface area contributed by atoms with Crippen molar-refractivity contribution in [3.63, 3.8) is 0 Å². The van der Waals surface area contributed by atoms with Crippen LogP contribution in [0, 0.1) is 5.92 Å². The molecule has 2 rings (SSSR count). The Morgan fingerprint density at radius 1 is 1.35 bits per heavy atom. The molecule has 1 atom stereocenters. The summed E-state index contributed by atoms with van der Waals surface area (Å²) in [6.07, 6.45) is 1.56. The van der Waals surface area contributed by atoms with E-state index < -0.39 is 22.0 Å². The van der Waals surface area contributed by atoms with Gasteiger partial charge in [0.15, 0.2) is 5.13 Å². The molecule has 1 aromatic heterocycles. The van der Waals surface area contributed by atoms with Gasteiger partial charge in [0, 0.05) is 16.6 Å². The summed E-state index contributed by atoms with van der Waals surface area (Å²) in [5.41, 5.74) is 0. The molecule has 1 heterocycles. The fourth-order valence-electron chi connectivity index (χ4n) is 1.83. The maximum Gasteiger partial charge on any atom is 0.244 e. The number of hydrogen-bond donors (Lipinski definition) is 2. The normalized spacial score (nSPS) is 13.0. The minimum Gasteiger partial charge on any atom is -0.301 e. The number of nitrogens with zero attached hydrogens (tertiary/aromatic N) is 1. The lowest BCUT2D eigenvalue weighted by Gasteiger charge is -2.21. The first kappa shape index (κ1) is 17.9. The summed E-state index contributed by atoms with van der Waals surface area (Å²) in [4.78, 5) is 16.3. The Morgan fingerprint density at radius 2 is 2.09 bits per heavy atom. The molecule has 0 radical (unpaired) electrons. The second-order valence-electron chi connectivity index (χ2n) is 5.13. The van der Waals surface area contributed by atoms with E-state index in [2.05, 4.69) is 15.0 Å². The third-order valence-corrected chi connectivity index (χ3v) is 5.36. The lowest BCUT2D eigenvalue weighted by Crippen LogP contribution is -2.47. The molecule has 23 heavy (non-hydrogen) atoms. The highest BCUT2D eigenvalue weighted by atomic mass is 35.5. The number of benzene rings is 1. The number of halogens is 1. The van der Waals surface area contributed by atoms with Crippen LogP contribution in [0.25, 0.3) is 0 Å². The molecule has 0 saturated heterocycles. The van der Waals surface area contributed by atoms with Crippen LogP contribution in [-0.2, 0) is 14.8 Å². The van der Waals surface area contributed by atoms with Gasteiger partial charge in [-0.05, 0) is 24.1 Å². The molecule has 1 aromatic carbocycles. The van der Waals surface area contributed by atoms with Gasteiger partial charge in [-0.3, -0.25) is 4.79 Å². The van der Waals surface area contributed by atoms with Crippen LogP contribution >= 0.6 is 22.9 Å². The van der Waals surface area contributed by atoms with Crippen LogP contribution < -0.4 is 10.0 Å². The van der Waals surface area contributed by atoms with Crippen LogP contribution in [0.2, 0.25) is 5.02 Å². The van der Waals surface area contributed by atoms with E-state index in [4.69, 9.17) is 11.6 Å². The van der Waals surface area contributed by atoms with E-state index in [9.17, 15) is 13.2 Å². The summed E-state index contributed by atoms with van der Waals surface area (Å²) in [5, 5.41) is 5.05. The number of rotatable bonds is 6. The Balaban J connectivity index is 2.20. The Bertz CT molecular complexity index is 776. The van der Waals surface area contributed by atoms with E-state index in [0.29, 0.717) is 10.2 Å². The van der Waals surface area contributed by atoms with Gasteiger partial charge in [-0.1, -0.05) is 31.5 Å². The van der Waals surface area contributed by atoms with Crippen LogP contribution in [0.5, 0.6) is 0 Å². The van der Waals surface area contributed by atoms with Gasteiger partial charge in [-0.25, -0.2) is 13.4 Å². The summed E-state index contributed by atoms with van der Waals surface area (Å²) in [5.74, 6) is -0.704. The molecule has 0 bridgehead atoms. The van der Waals surface area contributed by atoms with Gasteiger partial charge < -0.3 is 5.32 Å². The number of sulfonamides is 1. The second-order valence-corrected chi connectivity index (χ2v) is 8.17. The highest BCUT2D eigenvalue weighted by molar-refractivity contribution is 7.89. The summed E-state index contributed by atoms with van der Waals surface area (Å²) in [7, 11) is -3.86. The highest BCUT2D eigenvalue weighted by Gasteiger charge is 2.28. The molecule has 124 valence electrons. The summed E-state index contributed by atoms with van der Waals surface area (Å²) in [6.45, 7) is 3.51. The monoisotopic (exact) mass is 373 g/mol. The average Bonchev–Trinajstić information content (AvgIpc) is 2.97. The van der Waals surface area contributed by atoms with E-state index in [1.807, 2.05) is 0 Å². The Labute approximate surface area is 143 Å². The van der Waals surface area contributed by atoms with Crippen LogP contribution in [0.3, 0.4) is 0 Å². The molecule has 1 amide bonds. The molecule has 9 heteroatoms. The van der Waals surface area contributed by atoms with Gasteiger partial charge in [-0.15, -0.1) is 11.3 Å². The molecular formula is C14H16ClN3O3S2. The highest BCUT2D eigenvalue weighted by Crippen LogP contribution is 2.18. The van der Waals surface area contributed by atoms with Crippen molar-refractivity contribution in [2.45, 2.75) is 24.8 Å². The molecule has 0 aliphatic carbocycles. The first-order valence-electron chi connectivity index (χ1n) is 6.78. The van der Waals surface area contributed by atoms with Crippen molar-refractivity contribution in [3.05, 3.63) is 40.9 Å². The zero-order valence-electron chi connectivity index (χ0n) is 12.5. The van der Waals surface area contributed by atoms with Gasteiger partial charge in [0.05, 0.1) is 4.90 Å². The molecule has 0 unspecified atom stereocenters. The van der Waals surface area contributed by atoms with Crippen molar-refractivity contribution in [1.82, 2.24) is 9.71 Å². The minimum atomic E-state index is -3.86. The largest absolute Gasteiger partial charge is 0.301 e.